The van der Waals surface area contributed by atoms with Gasteiger partial charge in [-0.15, -0.1) is 0 Å². The largest absolute Gasteiger partial charge is 1.00 e. The molecule has 11 heteroatoms. The molecule has 0 saturated carbocycles. The number of ether oxygens (including phenoxy) is 2. The van der Waals surface area contributed by atoms with Crippen molar-refractivity contribution in [3.8, 4) is 0 Å². The Balaban J connectivity index is 0. The molecule has 0 aromatic heterocycles. The van der Waals surface area contributed by atoms with Gasteiger partial charge in [-0.05, 0) is 6.42 Å². The van der Waals surface area contributed by atoms with E-state index in [0.717, 1.165) is 11.8 Å². The molecule has 9 nitrogen and oxygen atoms in total. The number of esters is 2. The van der Waals surface area contributed by atoms with E-state index in [1.165, 1.54) is 14.2 Å². The number of thioether (sulfide) groups is 1. The standard InChI is InChI=1S/C16H26N2O7S.BrH/c1-4-15(22)26-9-11(12(19)6-8-14(21)24-2)18-13(20)7-5-10(17)16(23)25-3;/h10-11H,4-9,17H2,1-3H3,(H,18,20);1H/p-1/t10-,11-;/m0./s1. The Labute approximate surface area is 173 Å². The zero-order chi connectivity index (χ0) is 20.1. The fourth-order valence-electron chi connectivity index (χ4n) is 1.82. The van der Waals surface area contributed by atoms with Crippen molar-refractivity contribution < 1.29 is 50.4 Å². The van der Waals surface area contributed by atoms with Crippen molar-refractivity contribution in [3.63, 3.8) is 0 Å². The predicted octanol–water partition coefficient (Wildman–Crippen LogP) is -3.05. The minimum Gasteiger partial charge on any atom is -1.00 e. The van der Waals surface area contributed by atoms with Crippen LogP contribution < -0.4 is 28.0 Å². The van der Waals surface area contributed by atoms with Gasteiger partial charge < -0.3 is 37.5 Å². The third-order valence-electron chi connectivity index (χ3n) is 3.41. The number of hydrogen-bond donors (Lipinski definition) is 2. The van der Waals surface area contributed by atoms with Crippen molar-refractivity contribution in [2.75, 3.05) is 20.0 Å². The molecular weight excluding hydrogens is 444 g/mol. The highest BCUT2D eigenvalue weighted by Gasteiger charge is 2.23. The third kappa shape index (κ3) is 12.5. The molecule has 0 aromatic carbocycles. The molecule has 0 heterocycles. The van der Waals surface area contributed by atoms with E-state index < -0.39 is 29.9 Å². The zero-order valence-corrected chi connectivity index (χ0v) is 18.0. The second kappa shape index (κ2) is 15.6. The summed E-state index contributed by atoms with van der Waals surface area (Å²) >= 11 is 0.938. The number of methoxy groups -OCH3 is 2. The van der Waals surface area contributed by atoms with E-state index in [0.29, 0.717) is 6.42 Å². The summed E-state index contributed by atoms with van der Waals surface area (Å²) in [6.07, 6.45) is 0.0587. The van der Waals surface area contributed by atoms with Crippen molar-refractivity contribution in [3.05, 3.63) is 0 Å². The SMILES string of the molecule is CCC(=O)SC[C@H](NC(=O)CC[C@H](N)C(=O)OC)C(=O)CCC(=O)OC.[Br-]. The van der Waals surface area contributed by atoms with Crippen molar-refractivity contribution in [1.29, 1.82) is 0 Å². The van der Waals surface area contributed by atoms with Gasteiger partial charge in [0.25, 0.3) is 0 Å². The lowest BCUT2D eigenvalue weighted by Crippen LogP contribution is -3.00. The van der Waals surface area contributed by atoms with E-state index in [-0.39, 0.29) is 59.3 Å². The Morgan fingerprint density at radius 2 is 1.67 bits per heavy atom. The van der Waals surface area contributed by atoms with Gasteiger partial charge in [-0.2, -0.15) is 0 Å². The molecule has 0 saturated heterocycles. The number of carbonyl (C=O) groups excluding carboxylic acids is 5. The number of hydrogen-bond acceptors (Lipinski definition) is 9. The number of nitrogens with two attached hydrogens (primary N) is 1. The van der Waals surface area contributed by atoms with Gasteiger partial charge >= 0.3 is 11.9 Å². The molecule has 0 spiro atoms. The molecule has 0 bridgehead atoms. The summed E-state index contributed by atoms with van der Waals surface area (Å²) in [6, 6.07) is -1.85. The quantitative estimate of drug-likeness (QED) is 0.285. The molecule has 0 fully saturated rings. The Morgan fingerprint density at radius 3 is 2.19 bits per heavy atom. The van der Waals surface area contributed by atoms with Gasteiger partial charge in [-0.25, -0.2) is 0 Å². The molecule has 156 valence electrons. The molecule has 2 atom stereocenters. The van der Waals surface area contributed by atoms with Crippen molar-refractivity contribution in [2.24, 2.45) is 5.73 Å². The number of nitrogens with one attached hydrogen (secondary N) is 1. The molecule has 0 aromatic rings. The first-order valence-corrected chi connectivity index (χ1v) is 9.11. The summed E-state index contributed by atoms with van der Waals surface area (Å²) in [5, 5.41) is 2.42. The summed E-state index contributed by atoms with van der Waals surface area (Å²) in [5.74, 6) is -1.96. The minimum absolute atomic E-state index is 0. The van der Waals surface area contributed by atoms with Gasteiger partial charge in [0.2, 0.25) is 5.91 Å². The number of amides is 1. The highest BCUT2D eigenvalue weighted by atomic mass is 79.9. The summed E-state index contributed by atoms with van der Waals surface area (Å²) in [5.41, 5.74) is 5.56. The second-order valence-electron chi connectivity index (χ2n) is 5.37. The van der Waals surface area contributed by atoms with Crippen LogP contribution >= 0.6 is 11.8 Å². The Morgan fingerprint density at radius 1 is 1.04 bits per heavy atom. The Kier molecular flexibility index (Phi) is 16.0. The van der Waals surface area contributed by atoms with Crippen LogP contribution in [0.4, 0.5) is 0 Å². The third-order valence-corrected chi connectivity index (χ3v) is 4.52. The van der Waals surface area contributed by atoms with E-state index >= 15 is 0 Å². The molecule has 0 unspecified atom stereocenters. The lowest BCUT2D eigenvalue weighted by atomic mass is 10.1. The lowest BCUT2D eigenvalue weighted by molar-refractivity contribution is -0.142. The fourth-order valence-corrected chi connectivity index (χ4v) is 2.64. The number of rotatable bonds is 12. The van der Waals surface area contributed by atoms with Gasteiger partial charge in [0.05, 0.1) is 26.7 Å². The summed E-state index contributed by atoms with van der Waals surface area (Å²) in [6.45, 7) is 1.69. The van der Waals surface area contributed by atoms with Gasteiger partial charge in [0.15, 0.2) is 10.9 Å². The second-order valence-corrected chi connectivity index (χ2v) is 6.44. The van der Waals surface area contributed by atoms with Crippen LogP contribution in [0.2, 0.25) is 0 Å². The van der Waals surface area contributed by atoms with Crippen LogP contribution in [0, 0.1) is 0 Å². The highest BCUT2D eigenvalue weighted by molar-refractivity contribution is 8.13. The number of Topliss-reactive ketones (excluding diaryl/α,β-unsaturated/α-hetero) is 1. The van der Waals surface area contributed by atoms with E-state index in [1.54, 1.807) is 6.92 Å². The maximum absolute atomic E-state index is 12.2. The maximum Gasteiger partial charge on any atom is 0.322 e. The summed E-state index contributed by atoms with van der Waals surface area (Å²) in [7, 11) is 2.41. The molecule has 0 rings (SSSR count). The average Bonchev–Trinajstić information content (AvgIpc) is 2.65. The summed E-state index contributed by atoms with van der Waals surface area (Å²) < 4.78 is 8.95. The number of halogens is 1. The van der Waals surface area contributed by atoms with Crippen LogP contribution in [-0.2, 0) is 33.4 Å². The van der Waals surface area contributed by atoms with Gasteiger partial charge in [-0.1, -0.05) is 18.7 Å². The number of carbonyl (C=O) groups is 5. The summed E-state index contributed by atoms with van der Waals surface area (Å²) in [4.78, 5) is 58.1. The molecule has 1 amide bonds. The normalized spacial score (nSPS) is 12.1. The van der Waals surface area contributed by atoms with E-state index in [2.05, 4.69) is 14.8 Å². The topological polar surface area (TPSA) is 142 Å². The van der Waals surface area contributed by atoms with E-state index in [9.17, 15) is 24.0 Å². The Hall–Kier alpha value is -1.46. The van der Waals surface area contributed by atoms with Crippen LogP contribution in [0.25, 0.3) is 0 Å². The van der Waals surface area contributed by atoms with Crippen LogP contribution in [0.1, 0.15) is 39.0 Å². The first-order valence-electron chi connectivity index (χ1n) is 8.13. The monoisotopic (exact) mass is 469 g/mol. The Bertz CT molecular complexity index is 531. The van der Waals surface area contributed by atoms with E-state index in [1.807, 2.05) is 0 Å². The van der Waals surface area contributed by atoms with Gasteiger partial charge in [0, 0.05) is 25.0 Å². The molecule has 0 aliphatic heterocycles. The first-order chi connectivity index (χ1) is 12.2. The van der Waals surface area contributed by atoms with Crippen molar-refractivity contribution in [1.82, 2.24) is 5.32 Å². The molecule has 27 heavy (non-hydrogen) atoms. The highest BCUT2D eigenvalue weighted by Crippen LogP contribution is 2.10. The van der Waals surface area contributed by atoms with Gasteiger partial charge in [0.1, 0.15) is 6.04 Å². The van der Waals surface area contributed by atoms with Gasteiger partial charge in [-0.3, -0.25) is 24.0 Å². The maximum atomic E-state index is 12.2. The van der Waals surface area contributed by atoms with Crippen LogP contribution in [0.3, 0.4) is 0 Å². The predicted molar refractivity (Wildman–Crippen MR) is 95.2 cm³/mol. The van der Waals surface area contributed by atoms with Crippen molar-refractivity contribution >= 4 is 40.5 Å². The minimum atomic E-state index is -0.935. The van der Waals surface area contributed by atoms with Crippen LogP contribution in [0.15, 0.2) is 0 Å². The van der Waals surface area contributed by atoms with Crippen LogP contribution in [0.5, 0.6) is 0 Å². The number of ketones is 1. The van der Waals surface area contributed by atoms with Crippen LogP contribution in [-0.4, -0.2) is 60.8 Å². The van der Waals surface area contributed by atoms with E-state index in [4.69, 9.17) is 5.73 Å². The molecule has 3 N–H and O–H groups in total. The smallest absolute Gasteiger partial charge is 0.322 e. The molecule has 0 radical (unpaired) electrons. The van der Waals surface area contributed by atoms with Crippen molar-refractivity contribution in [2.45, 2.75) is 51.1 Å². The average molecular weight is 470 g/mol. The fraction of sp³-hybridized carbons (Fsp3) is 0.688. The zero-order valence-electron chi connectivity index (χ0n) is 15.6. The first kappa shape index (κ1) is 27.8. The molecular formula is C16H26BrN2O7S-. The lowest BCUT2D eigenvalue weighted by Gasteiger charge is -2.17. The molecule has 0 aliphatic carbocycles. The molecule has 0 aliphatic rings.